The Morgan fingerprint density at radius 1 is 1.00 bits per heavy atom. The molecule has 0 aromatic heterocycles. The topological polar surface area (TPSA) is 78.9 Å². The first-order chi connectivity index (χ1) is 14.0. The molecule has 29 heavy (non-hydrogen) atoms. The largest absolute Gasteiger partial charge is 0.462 e. The monoisotopic (exact) mass is 452 g/mol. The van der Waals surface area contributed by atoms with Crippen LogP contribution in [0.25, 0.3) is 0 Å². The number of hydrogen-bond donors (Lipinski definition) is 0. The van der Waals surface area contributed by atoms with Gasteiger partial charge in [-0.15, -0.1) is 0 Å². The zero-order valence-electron chi connectivity index (χ0n) is 15.6. The first-order valence-electron chi connectivity index (χ1n) is 8.67. The Hall–Kier alpha value is -2.23. The van der Waals surface area contributed by atoms with Gasteiger partial charge < -0.3 is 14.2 Å². The van der Waals surface area contributed by atoms with Crippen LogP contribution < -0.4 is 4.74 Å². The highest BCUT2D eigenvalue weighted by atomic mass is 32.2. The zero-order valence-corrected chi connectivity index (χ0v) is 18.1. The molecule has 154 valence electrons. The van der Waals surface area contributed by atoms with Gasteiger partial charge in [-0.2, -0.15) is 0 Å². The van der Waals surface area contributed by atoms with Crippen molar-refractivity contribution in [3.05, 3.63) is 60.7 Å². The molecule has 0 fully saturated rings. The summed E-state index contributed by atoms with van der Waals surface area (Å²) >= 11 is 5.61. The molecule has 2 rings (SSSR count). The van der Waals surface area contributed by atoms with Crippen LogP contribution >= 0.6 is 24.0 Å². The van der Waals surface area contributed by atoms with E-state index in [0.717, 1.165) is 0 Å². The van der Waals surface area contributed by atoms with Gasteiger partial charge in [0.2, 0.25) is 4.38 Å². The quantitative estimate of drug-likeness (QED) is 0.335. The molecule has 0 amide bonds. The van der Waals surface area contributed by atoms with Gasteiger partial charge in [0.25, 0.3) is 0 Å². The number of ether oxygens (including phenoxy) is 3. The van der Waals surface area contributed by atoms with Gasteiger partial charge in [0.05, 0.1) is 16.7 Å². The molecule has 2 atom stereocenters. The van der Waals surface area contributed by atoms with Gasteiger partial charge in [-0.1, -0.05) is 43.3 Å². The number of esters is 1. The summed E-state index contributed by atoms with van der Waals surface area (Å²) in [7, 11) is -1.29. The summed E-state index contributed by atoms with van der Waals surface area (Å²) in [5.41, 5.74) is 0. The molecule has 9 heteroatoms. The molecular formula is C20H20O6S3. The second kappa shape index (κ2) is 12.4. The Bertz CT molecular complexity index is 842. The van der Waals surface area contributed by atoms with Crippen molar-refractivity contribution in [2.45, 2.75) is 11.8 Å². The van der Waals surface area contributed by atoms with Crippen molar-refractivity contribution >= 4 is 50.4 Å². The van der Waals surface area contributed by atoms with E-state index in [4.69, 9.17) is 26.4 Å². The van der Waals surface area contributed by atoms with Crippen molar-refractivity contribution in [2.75, 3.05) is 19.0 Å². The van der Waals surface area contributed by atoms with Crippen LogP contribution in [0.5, 0.6) is 5.75 Å². The first kappa shape index (κ1) is 23.1. The van der Waals surface area contributed by atoms with E-state index in [0.29, 0.717) is 22.4 Å². The molecule has 0 saturated heterocycles. The Morgan fingerprint density at radius 2 is 1.59 bits per heavy atom. The summed E-state index contributed by atoms with van der Waals surface area (Å²) in [4.78, 5) is 24.4. The van der Waals surface area contributed by atoms with Gasteiger partial charge in [0, 0.05) is 22.4 Å². The third-order valence-electron chi connectivity index (χ3n) is 3.47. The predicted molar refractivity (Wildman–Crippen MR) is 116 cm³/mol. The molecular weight excluding hydrogens is 432 g/mol. The maximum atomic E-state index is 12.2. The molecule has 6 nitrogen and oxygen atoms in total. The number of thioether (sulfide) groups is 1. The number of hydrogen-bond acceptors (Lipinski definition) is 8. The lowest BCUT2D eigenvalue weighted by Gasteiger charge is -2.11. The molecule has 0 aliphatic heterocycles. The molecule has 0 aliphatic rings. The highest BCUT2D eigenvalue weighted by molar-refractivity contribution is 8.32. The molecule has 0 radical (unpaired) electrons. The maximum Gasteiger partial charge on any atom is 0.376 e. The number of benzene rings is 2. The van der Waals surface area contributed by atoms with E-state index < -0.39 is 28.0 Å². The average molecular weight is 453 g/mol. The third-order valence-corrected chi connectivity index (χ3v) is 5.94. The minimum Gasteiger partial charge on any atom is -0.462 e. The zero-order chi connectivity index (χ0) is 21.1. The minimum absolute atomic E-state index is 0.00945. The first-order valence-corrected chi connectivity index (χ1v) is 11.2. The molecule has 0 spiro atoms. The third kappa shape index (κ3) is 8.76. The van der Waals surface area contributed by atoms with Gasteiger partial charge in [-0.25, -0.2) is 4.79 Å². The summed E-state index contributed by atoms with van der Waals surface area (Å²) in [6.07, 6.45) is 0. The molecule has 0 bridgehead atoms. The van der Waals surface area contributed by atoms with Crippen LogP contribution in [0.3, 0.4) is 0 Å². The number of thiocarbonyl (C=S) groups is 1. The van der Waals surface area contributed by atoms with Crippen molar-refractivity contribution < 1.29 is 28.0 Å². The van der Waals surface area contributed by atoms with E-state index in [1.165, 1.54) is 0 Å². The van der Waals surface area contributed by atoms with Crippen LogP contribution in [0.15, 0.2) is 65.6 Å². The molecule has 0 N–H and O–H groups in total. The molecule has 0 heterocycles. The van der Waals surface area contributed by atoms with Crippen LogP contribution in [0.2, 0.25) is 0 Å². The van der Waals surface area contributed by atoms with Gasteiger partial charge in [0.15, 0.2) is 0 Å². The van der Waals surface area contributed by atoms with Gasteiger partial charge in [-0.05, 0) is 36.5 Å². The smallest absolute Gasteiger partial charge is 0.376 e. The summed E-state index contributed by atoms with van der Waals surface area (Å²) in [6.45, 7) is 1.43. The lowest BCUT2D eigenvalue weighted by Crippen LogP contribution is -2.22. The fourth-order valence-corrected chi connectivity index (χ4v) is 4.04. The molecule has 2 aromatic carbocycles. The van der Waals surface area contributed by atoms with E-state index in [-0.39, 0.29) is 23.3 Å². The molecule has 2 unspecified atom stereocenters. The summed E-state index contributed by atoms with van der Waals surface area (Å²) in [5.74, 6) is -0.369. The lowest BCUT2D eigenvalue weighted by molar-refractivity contribution is -0.148. The summed E-state index contributed by atoms with van der Waals surface area (Å²) in [5, 5.41) is -0.653. The molecule has 2 aromatic rings. The Labute approximate surface area is 181 Å². The summed E-state index contributed by atoms with van der Waals surface area (Å²) in [6, 6.07) is 17.7. The van der Waals surface area contributed by atoms with Gasteiger partial charge >= 0.3 is 11.3 Å². The van der Waals surface area contributed by atoms with Gasteiger partial charge in [-0.3, -0.25) is 9.00 Å². The second-order valence-electron chi connectivity index (χ2n) is 5.76. The standard InChI is InChI=1S/C20H20O6S3/c1-15(14-29(23)17-10-6-3-7-11-17)18(21)24-12-13-25-19(22)28-20(27)26-16-8-4-2-5-9-16/h2-11,15H,12-14H2,1H3. The number of rotatable bonds is 8. The SMILES string of the molecule is CC(CS(=O)c1ccccc1)C(=O)OCCOC(=O)SC(=S)Oc1ccccc1. The van der Waals surface area contributed by atoms with E-state index in [9.17, 15) is 13.8 Å². The maximum absolute atomic E-state index is 12.2. The lowest BCUT2D eigenvalue weighted by atomic mass is 10.2. The Morgan fingerprint density at radius 3 is 2.24 bits per heavy atom. The fourth-order valence-electron chi connectivity index (χ4n) is 2.08. The molecule has 0 aliphatic carbocycles. The number of carbonyl (C=O) groups excluding carboxylic acids is 2. The second-order valence-corrected chi connectivity index (χ2v) is 8.79. The number of carbonyl (C=O) groups is 2. The predicted octanol–water partition coefficient (Wildman–Crippen LogP) is 4.21. The summed E-state index contributed by atoms with van der Waals surface area (Å²) < 4.78 is 27.6. The Kier molecular flexibility index (Phi) is 9.82. The van der Waals surface area contributed by atoms with E-state index >= 15 is 0 Å². The van der Waals surface area contributed by atoms with Crippen LogP contribution in [-0.2, 0) is 25.1 Å². The molecule has 0 saturated carbocycles. The highest BCUT2D eigenvalue weighted by Gasteiger charge is 2.19. The highest BCUT2D eigenvalue weighted by Crippen LogP contribution is 2.16. The van der Waals surface area contributed by atoms with Crippen LogP contribution in [0.4, 0.5) is 4.79 Å². The normalized spacial score (nSPS) is 12.4. The van der Waals surface area contributed by atoms with Crippen molar-refractivity contribution in [2.24, 2.45) is 5.92 Å². The van der Waals surface area contributed by atoms with Crippen molar-refractivity contribution in [1.29, 1.82) is 0 Å². The average Bonchev–Trinajstić information content (AvgIpc) is 2.72. The van der Waals surface area contributed by atoms with E-state index in [1.54, 1.807) is 55.5 Å². The van der Waals surface area contributed by atoms with E-state index in [2.05, 4.69) is 0 Å². The van der Waals surface area contributed by atoms with Crippen molar-refractivity contribution in [3.63, 3.8) is 0 Å². The van der Waals surface area contributed by atoms with Crippen LogP contribution in [0, 0.1) is 5.92 Å². The van der Waals surface area contributed by atoms with Crippen LogP contribution in [-0.4, -0.2) is 38.8 Å². The minimum atomic E-state index is -1.29. The van der Waals surface area contributed by atoms with Crippen molar-refractivity contribution in [1.82, 2.24) is 0 Å². The van der Waals surface area contributed by atoms with E-state index in [1.807, 2.05) is 12.1 Å². The fraction of sp³-hybridized carbons (Fsp3) is 0.250. The van der Waals surface area contributed by atoms with Crippen molar-refractivity contribution in [3.8, 4) is 5.75 Å². The van der Waals surface area contributed by atoms with Crippen LogP contribution in [0.1, 0.15) is 6.92 Å². The number of para-hydroxylation sites is 1. The Balaban J connectivity index is 1.62. The van der Waals surface area contributed by atoms with Gasteiger partial charge in [0.1, 0.15) is 19.0 Å².